The van der Waals surface area contributed by atoms with Crippen molar-refractivity contribution < 1.29 is 21.7 Å². The van der Waals surface area contributed by atoms with Crippen LogP contribution < -0.4 is 32.9 Å². The number of rotatable bonds is 6. The Morgan fingerprint density at radius 3 is 1.32 bits per heavy atom. The largest absolute Gasteiger partial charge is 1.00 e. The van der Waals surface area contributed by atoms with E-state index < -0.39 is 7.26 Å². The van der Waals surface area contributed by atoms with Crippen LogP contribution >= 0.6 is 7.26 Å². The van der Waals surface area contributed by atoms with Gasteiger partial charge >= 0.3 is 0 Å². The lowest BCUT2D eigenvalue weighted by atomic mass is 10.4. The van der Waals surface area contributed by atoms with Crippen LogP contribution in [0.3, 0.4) is 0 Å². The lowest BCUT2D eigenvalue weighted by Gasteiger charge is -2.27. The van der Waals surface area contributed by atoms with Crippen LogP contribution in [0.25, 0.3) is 0 Å². The highest BCUT2D eigenvalue weighted by Gasteiger charge is 2.46. The molecular formula is C22H22BrOP. The average molecular weight is 413 g/mol. The summed E-state index contributed by atoms with van der Waals surface area (Å²) in [6.07, 6.45) is 0.807. The third-order valence-electron chi connectivity index (χ3n) is 4.29. The predicted molar refractivity (Wildman–Crippen MR) is 106 cm³/mol. The zero-order valence-electron chi connectivity index (χ0n) is 14.3. The van der Waals surface area contributed by atoms with Gasteiger partial charge in [0.1, 0.15) is 35.1 Å². The minimum atomic E-state index is -1.85. The van der Waals surface area contributed by atoms with Crippen LogP contribution in [0.4, 0.5) is 0 Å². The Morgan fingerprint density at radius 1 is 0.720 bits per heavy atom. The summed E-state index contributed by atoms with van der Waals surface area (Å²) in [6.45, 7) is 4.14. The molecule has 0 fully saturated rings. The summed E-state index contributed by atoms with van der Waals surface area (Å²) in [7, 11) is -0.144. The monoisotopic (exact) mass is 412 g/mol. The number of allylic oxidation sites excluding steroid dienone is 1. The molecule has 0 saturated carbocycles. The number of methoxy groups -OCH3 is 1. The highest BCUT2D eigenvalue weighted by molar-refractivity contribution is 7.95. The normalized spacial score (nSPS) is 10.6. The fourth-order valence-electron chi connectivity index (χ4n) is 3.10. The first-order chi connectivity index (χ1) is 11.8. The molecule has 0 heterocycles. The van der Waals surface area contributed by atoms with Gasteiger partial charge in [0.25, 0.3) is 0 Å². The lowest BCUT2D eigenvalue weighted by Crippen LogP contribution is -3.00. The van der Waals surface area contributed by atoms with Crippen molar-refractivity contribution in [2.75, 3.05) is 13.3 Å². The topological polar surface area (TPSA) is 9.23 Å². The van der Waals surface area contributed by atoms with Crippen LogP contribution in [0.5, 0.6) is 0 Å². The molecule has 0 unspecified atom stereocenters. The molecule has 0 aliphatic rings. The van der Waals surface area contributed by atoms with E-state index in [0.29, 0.717) is 0 Å². The van der Waals surface area contributed by atoms with Crippen molar-refractivity contribution in [1.29, 1.82) is 0 Å². The van der Waals surface area contributed by atoms with Crippen LogP contribution in [-0.2, 0) is 4.74 Å². The quantitative estimate of drug-likeness (QED) is 0.435. The molecule has 0 saturated heterocycles. The second-order valence-corrected chi connectivity index (χ2v) is 9.20. The third-order valence-corrected chi connectivity index (χ3v) is 8.66. The molecule has 3 aromatic rings. The van der Waals surface area contributed by atoms with E-state index in [1.54, 1.807) is 7.11 Å². The number of hydrogen-bond donors (Lipinski definition) is 0. The van der Waals surface area contributed by atoms with Crippen LogP contribution in [0.1, 0.15) is 0 Å². The summed E-state index contributed by atoms with van der Waals surface area (Å²) in [5.41, 5.74) is 0. The second kappa shape index (κ2) is 8.99. The van der Waals surface area contributed by atoms with Crippen molar-refractivity contribution in [3.05, 3.63) is 103 Å². The summed E-state index contributed by atoms with van der Waals surface area (Å²) in [5, 5.41) is 4.04. The van der Waals surface area contributed by atoms with E-state index in [1.165, 1.54) is 15.9 Å². The molecule has 1 nitrogen and oxygen atoms in total. The molecule has 0 atom stereocenters. The summed E-state index contributed by atoms with van der Waals surface area (Å²) in [4.78, 5) is 0. The van der Waals surface area contributed by atoms with E-state index in [-0.39, 0.29) is 17.0 Å². The Kier molecular flexibility index (Phi) is 6.99. The molecule has 0 aliphatic carbocycles. The maximum atomic E-state index is 5.50. The molecule has 3 aromatic carbocycles. The van der Waals surface area contributed by atoms with E-state index in [1.807, 2.05) is 0 Å². The highest BCUT2D eigenvalue weighted by Crippen LogP contribution is 2.56. The molecule has 25 heavy (non-hydrogen) atoms. The van der Waals surface area contributed by atoms with Crippen molar-refractivity contribution in [3.8, 4) is 0 Å². The van der Waals surface area contributed by atoms with Crippen molar-refractivity contribution in [2.45, 2.75) is 0 Å². The molecule has 0 aliphatic heterocycles. The van der Waals surface area contributed by atoms with Gasteiger partial charge in [-0.2, -0.15) is 0 Å². The van der Waals surface area contributed by atoms with Crippen molar-refractivity contribution in [1.82, 2.24) is 0 Å². The van der Waals surface area contributed by atoms with Crippen LogP contribution in [-0.4, -0.2) is 13.3 Å². The lowest BCUT2D eigenvalue weighted by molar-refractivity contribution is -0.00000522. The molecule has 0 radical (unpaired) electrons. The summed E-state index contributed by atoms with van der Waals surface area (Å²) in [5.74, 6) is 0.819. The van der Waals surface area contributed by atoms with Crippen molar-refractivity contribution in [3.63, 3.8) is 0 Å². The smallest absolute Gasteiger partial charge is 0.130 e. The Hall–Kier alpha value is -1.89. The van der Waals surface area contributed by atoms with Gasteiger partial charge < -0.3 is 21.7 Å². The molecule has 0 amide bonds. The predicted octanol–water partition coefficient (Wildman–Crippen LogP) is 1.14. The number of halogens is 1. The van der Waals surface area contributed by atoms with E-state index >= 15 is 0 Å². The van der Waals surface area contributed by atoms with Crippen LogP contribution in [0.2, 0.25) is 0 Å². The second-order valence-electron chi connectivity index (χ2n) is 5.72. The zero-order valence-corrected chi connectivity index (χ0v) is 16.8. The zero-order chi connectivity index (χ0) is 16.8. The average Bonchev–Trinajstić information content (AvgIpc) is 2.68. The number of benzene rings is 3. The van der Waals surface area contributed by atoms with Gasteiger partial charge in [0.15, 0.2) is 0 Å². The molecule has 0 aromatic heterocycles. The Bertz CT molecular complexity index is 691. The van der Waals surface area contributed by atoms with Gasteiger partial charge in [-0.05, 0) is 36.4 Å². The van der Waals surface area contributed by atoms with E-state index in [2.05, 4.69) is 97.6 Å². The molecule has 0 bridgehead atoms. The van der Waals surface area contributed by atoms with Gasteiger partial charge in [0.2, 0.25) is 0 Å². The SMILES string of the molecule is C=C(C[P+](c1ccccc1)(c1ccccc1)c1ccccc1)OC.[Br-]. The minimum absolute atomic E-state index is 0. The van der Waals surface area contributed by atoms with Crippen molar-refractivity contribution >= 4 is 23.2 Å². The maximum absolute atomic E-state index is 5.50. The van der Waals surface area contributed by atoms with Gasteiger partial charge in [-0.3, -0.25) is 0 Å². The van der Waals surface area contributed by atoms with E-state index in [4.69, 9.17) is 4.74 Å². The first-order valence-electron chi connectivity index (χ1n) is 8.04. The summed E-state index contributed by atoms with van der Waals surface area (Å²) >= 11 is 0. The summed E-state index contributed by atoms with van der Waals surface area (Å²) in [6, 6.07) is 32.3. The van der Waals surface area contributed by atoms with E-state index in [0.717, 1.165) is 11.9 Å². The fraction of sp³-hybridized carbons (Fsp3) is 0.0909. The van der Waals surface area contributed by atoms with Crippen molar-refractivity contribution in [2.24, 2.45) is 0 Å². The van der Waals surface area contributed by atoms with Gasteiger partial charge in [-0.25, -0.2) is 0 Å². The highest BCUT2D eigenvalue weighted by atomic mass is 79.9. The first-order valence-corrected chi connectivity index (χ1v) is 10.0. The van der Waals surface area contributed by atoms with E-state index in [9.17, 15) is 0 Å². The molecule has 3 heteroatoms. The molecular weight excluding hydrogens is 391 g/mol. The molecule has 3 rings (SSSR count). The summed E-state index contributed by atoms with van der Waals surface area (Å²) < 4.78 is 5.50. The Morgan fingerprint density at radius 2 is 1.04 bits per heavy atom. The van der Waals surface area contributed by atoms with Crippen LogP contribution in [0, 0.1) is 0 Å². The van der Waals surface area contributed by atoms with Crippen LogP contribution in [0.15, 0.2) is 103 Å². The molecule has 128 valence electrons. The number of hydrogen-bond acceptors (Lipinski definition) is 1. The Balaban J connectivity index is 0.00000225. The first kappa shape index (κ1) is 19.4. The number of ether oxygens (including phenoxy) is 1. The Labute approximate surface area is 161 Å². The van der Waals surface area contributed by atoms with Gasteiger partial charge in [-0.1, -0.05) is 61.2 Å². The minimum Gasteiger partial charge on any atom is -1.00 e. The van der Waals surface area contributed by atoms with Gasteiger partial charge in [0.05, 0.1) is 7.11 Å². The molecule has 0 spiro atoms. The maximum Gasteiger partial charge on any atom is 0.130 e. The standard InChI is InChI=1S/C22H22OP.BrH/c1-19(23-2)18-24(20-12-6-3-7-13-20,21-14-8-4-9-15-21)22-16-10-5-11-17-22;/h3-17H,1,18H2,2H3;1H/q+1;/p-1. The third kappa shape index (κ3) is 4.03. The molecule has 0 N–H and O–H groups in total. The fourth-order valence-corrected chi connectivity index (χ4v) is 7.24. The van der Waals surface area contributed by atoms with Gasteiger partial charge in [0, 0.05) is 0 Å². The van der Waals surface area contributed by atoms with Gasteiger partial charge in [-0.15, -0.1) is 0 Å².